The molecule has 1 aliphatic rings. The average molecular weight is 383 g/mol. The lowest BCUT2D eigenvalue weighted by Gasteiger charge is -2.17. The lowest BCUT2D eigenvalue weighted by Crippen LogP contribution is -2.29. The normalized spacial score (nSPS) is 13.2. The van der Waals surface area contributed by atoms with Gasteiger partial charge in [-0.1, -0.05) is 44.2 Å². The minimum atomic E-state index is -0.195. The van der Waals surface area contributed by atoms with Crippen molar-refractivity contribution in [3.8, 4) is 0 Å². The molecular weight excluding hydrogens is 352 g/mol. The molecule has 0 radical (unpaired) electrons. The lowest BCUT2D eigenvalue weighted by molar-refractivity contribution is 0.0937. The number of hydrogen-bond acceptors (Lipinski definition) is 3. The number of nitrogens with one attached hydrogen (secondary N) is 2. The van der Waals surface area contributed by atoms with Crippen LogP contribution in [-0.2, 0) is 19.4 Å². The van der Waals surface area contributed by atoms with Crippen molar-refractivity contribution >= 4 is 11.8 Å². The highest BCUT2D eigenvalue weighted by molar-refractivity contribution is 5.97. The van der Waals surface area contributed by atoms with E-state index >= 15 is 0 Å². The molecule has 0 unspecified atom stereocenters. The van der Waals surface area contributed by atoms with Crippen molar-refractivity contribution < 1.29 is 9.59 Å². The highest BCUT2D eigenvalue weighted by atomic mass is 16.2. The first-order valence-corrected chi connectivity index (χ1v) is 10.3. The highest BCUT2D eigenvalue weighted by Gasteiger charge is 2.27. The molecular formula is C22H30N4O2. The van der Waals surface area contributed by atoms with Gasteiger partial charge in [0.05, 0.1) is 5.69 Å². The Bertz CT molecular complexity index is 811. The minimum Gasteiger partial charge on any atom is -0.350 e. The van der Waals surface area contributed by atoms with Gasteiger partial charge in [-0.3, -0.25) is 9.59 Å². The molecule has 6 nitrogen and oxygen atoms in total. The number of imidazole rings is 1. The molecule has 1 aromatic carbocycles. The maximum absolute atomic E-state index is 12.7. The third-order valence-electron chi connectivity index (χ3n) is 4.98. The molecule has 3 rings (SSSR count). The summed E-state index contributed by atoms with van der Waals surface area (Å²) < 4.78 is 1.93. The highest BCUT2D eigenvalue weighted by Crippen LogP contribution is 2.21. The molecule has 2 N–H and O–H groups in total. The molecule has 2 heterocycles. The second-order valence-electron chi connectivity index (χ2n) is 7.79. The van der Waals surface area contributed by atoms with Gasteiger partial charge in [0.15, 0.2) is 5.82 Å². The fourth-order valence-electron chi connectivity index (χ4n) is 3.50. The molecule has 150 valence electrons. The number of nitrogens with zero attached hydrogens (tertiary/aromatic N) is 2. The van der Waals surface area contributed by atoms with Crippen LogP contribution in [-0.4, -0.2) is 34.5 Å². The topological polar surface area (TPSA) is 76.0 Å². The number of carbonyl (C=O) groups excluding carboxylic acids is 2. The van der Waals surface area contributed by atoms with Crippen molar-refractivity contribution in [2.75, 3.05) is 13.1 Å². The zero-order chi connectivity index (χ0) is 19.9. The van der Waals surface area contributed by atoms with E-state index in [1.165, 1.54) is 5.56 Å². The van der Waals surface area contributed by atoms with Crippen LogP contribution in [0.3, 0.4) is 0 Å². The largest absolute Gasteiger partial charge is 0.350 e. The van der Waals surface area contributed by atoms with Crippen molar-refractivity contribution in [1.29, 1.82) is 0 Å². The van der Waals surface area contributed by atoms with Crippen LogP contribution in [0.4, 0.5) is 0 Å². The van der Waals surface area contributed by atoms with Crippen molar-refractivity contribution in [1.82, 2.24) is 20.2 Å². The monoisotopic (exact) mass is 382 g/mol. The lowest BCUT2D eigenvalue weighted by atomic mass is 10.1. The van der Waals surface area contributed by atoms with Crippen LogP contribution < -0.4 is 10.6 Å². The zero-order valence-corrected chi connectivity index (χ0v) is 16.8. The van der Waals surface area contributed by atoms with Crippen LogP contribution in [0.1, 0.15) is 65.5 Å². The maximum Gasteiger partial charge on any atom is 0.287 e. The Morgan fingerprint density at radius 2 is 1.89 bits per heavy atom. The van der Waals surface area contributed by atoms with Gasteiger partial charge in [-0.2, -0.15) is 0 Å². The molecule has 1 aliphatic heterocycles. The van der Waals surface area contributed by atoms with E-state index in [-0.39, 0.29) is 11.8 Å². The van der Waals surface area contributed by atoms with Gasteiger partial charge in [0, 0.05) is 19.6 Å². The van der Waals surface area contributed by atoms with Crippen LogP contribution in [0, 0.1) is 5.92 Å². The molecule has 0 saturated carbocycles. The predicted molar refractivity (Wildman–Crippen MR) is 109 cm³/mol. The van der Waals surface area contributed by atoms with Crippen molar-refractivity contribution in [3.63, 3.8) is 0 Å². The molecule has 2 amide bonds. The smallest absolute Gasteiger partial charge is 0.287 e. The van der Waals surface area contributed by atoms with Gasteiger partial charge in [0.2, 0.25) is 0 Å². The standard InChI is InChI=1S/C22H30N4O2/c1-16(2)15-24-21(27)19-18-12-6-7-14-26(18)20(25-19)22(28)23-13-8-11-17-9-4-3-5-10-17/h3-5,9-10,16H,6-8,11-15H2,1-2H3,(H,23,28)(H,24,27). The summed E-state index contributed by atoms with van der Waals surface area (Å²) in [5.74, 6) is 0.362. The zero-order valence-electron chi connectivity index (χ0n) is 16.8. The summed E-state index contributed by atoms with van der Waals surface area (Å²) in [5, 5.41) is 5.89. The average Bonchev–Trinajstić information content (AvgIpc) is 3.10. The number of fused-ring (bicyclic) bond motifs is 1. The number of aromatic nitrogens is 2. The van der Waals surface area contributed by atoms with E-state index in [1.54, 1.807) is 0 Å². The fraction of sp³-hybridized carbons (Fsp3) is 0.500. The van der Waals surface area contributed by atoms with E-state index in [2.05, 4.69) is 41.6 Å². The first kappa shape index (κ1) is 20.1. The first-order valence-electron chi connectivity index (χ1n) is 10.3. The molecule has 0 aliphatic carbocycles. The second-order valence-corrected chi connectivity index (χ2v) is 7.79. The van der Waals surface area contributed by atoms with Gasteiger partial charge in [-0.15, -0.1) is 0 Å². The summed E-state index contributed by atoms with van der Waals surface area (Å²) in [4.78, 5) is 29.7. The van der Waals surface area contributed by atoms with E-state index in [9.17, 15) is 9.59 Å². The molecule has 28 heavy (non-hydrogen) atoms. The Kier molecular flexibility index (Phi) is 6.85. The summed E-state index contributed by atoms with van der Waals surface area (Å²) in [5.41, 5.74) is 2.57. The summed E-state index contributed by atoms with van der Waals surface area (Å²) in [6.45, 7) is 6.04. The second kappa shape index (κ2) is 9.53. The fourth-order valence-corrected chi connectivity index (χ4v) is 3.50. The van der Waals surface area contributed by atoms with Crippen LogP contribution in [0.2, 0.25) is 0 Å². The Morgan fingerprint density at radius 3 is 2.64 bits per heavy atom. The van der Waals surface area contributed by atoms with Crippen LogP contribution in [0.25, 0.3) is 0 Å². The number of rotatable bonds is 8. The van der Waals surface area contributed by atoms with Gasteiger partial charge in [-0.25, -0.2) is 4.98 Å². The molecule has 2 aromatic rings. The van der Waals surface area contributed by atoms with Gasteiger partial charge in [0.25, 0.3) is 11.8 Å². The van der Waals surface area contributed by atoms with E-state index in [4.69, 9.17) is 0 Å². The number of carbonyl (C=O) groups is 2. The quantitative estimate of drug-likeness (QED) is 0.689. The van der Waals surface area contributed by atoms with Crippen molar-refractivity contribution in [3.05, 3.63) is 53.1 Å². The molecule has 1 aromatic heterocycles. The van der Waals surface area contributed by atoms with Gasteiger partial charge < -0.3 is 15.2 Å². The SMILES string of the molecule is CC(C)CNC(=O)c1nc(C(=O)NCCCc2ccccc2)n2c1CCCC2. The molecule has 0 bridgehead atoms. The Balaban J connectivity index is 1.63. The summed E-state index contributed by atoms with van der Waals surface area (Å²) in [6, 6.07) is 10.2. The predicted octanol–water partition coefficient (Wildman–Crippen LogP) is 2.97. The van der Waals surface area contributed by atoms with E-state index in [0.717, 1.165) is 44.3 Å². The third kappa shape index (κ3) is 5.00. The summed E-state index contributed by atoms with van der Waals surface area (Å²) in [7, 11) is 0. The minimum absolute atomic E-state index is 0.178. The van der Waals surface area contributed by atoms with Crippen LogP contribution >= 0.6 is 0 Å². The molecule has 0 fully saturated rings. The van der Waals surface area contributed by atoms with Crippen LogP contribution in [0.5, 0.6) is 0 Å². The third-order valence-corrected chi connectivity index (χ3v) is 4.98. The molecule has 0 atom stereocenters. The van der Waals surface area contributed by atoms with Gasteiger partial charge in [-0.05, 0) is 43.6 Å². The maximum atomic E-state index is 12.7. The van der Waals surface area contributed by atoms with E-state index < -0.39 is 0 Å². The van der Waals surface area contributed by atoms with Gasteiger partial charge in [0.1, 0.15) is 5.69 Å². The number of hydrogen-bond donors (Lipinski definition) is 2. The van der Waals surface area contributed by atoms with E-state index in [1.807, 2.05) is 22.8 Å². The van der Waals surface area contributed by atoms with Crippen molar-refractivity contribution in [2.45, 2.75) is 52.5 Å². The number of aryl methyl sites for hydroxylation is 1. The number of amides is 2. The first-order chi connectivity index (χ1) is 13.6. The Morgan fingerprint density at radius 1 is 1.11 bits per heavy atom. The van der Waals surface area contributed by atoms with Crippen LogP contribution in [0.15, 0.2) is 30.3 Å². The molecule has 6 heteroatoms. The Hall–Kier alpha value is -2.63. The Labute approximate surface area is 166 Å². The molecule has 0 spiro atoms. The summed E-state index contributed by atoms with van der Waals surface area (Å²) in [6.07, 6.45) is 4.60. The summed E-state index contributed by atoms with van der Waals surface area (Å²) >= 11 is 0. The van der Waals surface area contributed by atoms with Gasteiger partial charge >= 0.3 is 0 Å². The van der Waals surface area contributed by atoms with Crippen molar-refractivity contribution in [2.24, 2.45) is 5.92 Å². The molecule has 0 saturated heterocycles. The number of benzene rings is 1. The van der Waals surface area contributed by atoms with E-state index in [0.29, 0.717) is 30.5 Å².